The Hall–Kier alpha value is -1.22. The molecule has 27 heavy (non-hydrogen) atoms. The molecule has 0 saturated carbocycles. The molecule has 152 valence electrons. The lowest BCUT2D eigenvalue weighted by Gasteiger charge is -2.32. The molecule has 2 aliphatic heterocycles. The smallest absolute Gasteiger partial charge is 0.243 e. The number of sulfonamides is 1. The van der Waals surface area contributed by atoms with Crippen LogP contribution in [0.1, 0.15) is 25.7 Å². The number of amides is 1. The van der Waals surface area contributed by atoms with Crippen molar-refractivity contribution in [3.63, 3.8) is 0 Å². The summed E-state index contributed by atoms with van der Waals surface area (Å²) in [6.07, 6.45) is 3.55. The number of carbonyl (C=O) groups is 1. The Labute approximate surface area is 166 Å². The maximum Gasteiger partial charge on any atom is 0.243 e. The number of rotatable bonds is 5. The first-order chi connectivity index (χ1) is 12.5. The third kappa shape index (κ3) is 5.63. The van der Waals surface area contributed by atoms with E-state index in [1.165, 1.54) is 16.4 Å². The first-order valence-corrected chi connectivity index (χ1v) is 10.6. The van der Waals surface area contributed by atoms with E-state index in [4.69, 9.17) is 0 Å². The van der Waals surface area contributed by atoms with Crippen molar-refractivity contribution in [2.45, 2.75) is 30.6 Å². The number of hydrogen-bond acceptors (Lipinski definition) is 4. The van der Waals surface area contributed by atoms with Crippen molar-refractivity contribution < 1.29 is 17.6 Å². The molecule has 0 radical (unpaired) electrons. The van der Waals surface area contributed by atoms with Crippen LogP contribution in [0.5, 0.6) is 0 Å². The van der Waals surface area contributed by atoms with E-state index in [0.29, 0.717) is 31.8 Å². The Morgan fingerprint density at radius 3 is 2.63 bits per heavy atom. The van der Waals surface area contributed by atoms with Gasteiger partial charge < -0.3 is 10.6 Å². The second-order valence-electron chi connectivity index (χ2n) is 7.11. The molecule has 2 unspecified atom stereocenters. The molecular formula is C18H27ClFN3O3S. The Morgan fingerprint density at radius 1 is 1.22 bits per heavy atom. The molecular weight excluding hydrogens is 393 g/mol. The van der Waals surface area contributed by atoms with Crippen LogP contribution in [0.4, 0.5) is 4.39 Å². The van der Waals surface area contributed by atoms with Gasteiger partial charge in [0, 0.05) is 19.6 Å². The topological polar surface area (TPSA) is 78.5 Å². The largest absolute Gasteiger partial charge is 0.355 e. The molecule has 2 aliphatic rings. The average molecular weight is 420 g/mol. The zero-order valence-corrected chi connectivity index (χ0v) is 16.8. The highest BCUT2D eigenvalue weighted by molar-refractivity contribution is 7.89. The van der Waals surface area contributed by atoms with Crippen LogP contribution in [0, 0.1) is 17.7 Å². The summed E-state index contributed by atoms with van der Waals surface area (Å²) in [7, 11) is -3.70. The fourth-order valence-corrected chi connectivity index (χ4v) is 5.14. The zero-order valence-electron chi connectivity index (χ0n) is 15.2. The first-order valence-electron chi connectivity index (χ1n) is 9.21. The summed E-state index contributed by atoms with van der Waals surface area (Å²) >= 11 is 0. The highest BCUT2D eigenvalue weighted by atomic mass is 35.5. The van der Waals surface area contributed by atoms with Crippen molar-refractivity contribution in [2.24, 2.45) is 11.8 Å². The third-order valence-electron chi connectivity index (χ3n) is 5.17. The lowest BCUT2D eigenvalue weighted by molar-refractivity contribution is -0.126. The number of nitrogens with one attached hydrogen (secondary N) is 2. The van der Waals surface area contributed by atoms with Gasteiger partial charge >= 0.3 is 0 Å². The summed E-state index contributed by atoms with van der Waals surface area (Å²) < 4.78 is 39.9. The summed E-state index contributed by atoms with van der Waals surface area (Å²) in [5.41, 5.74) is 0. The second kappa shape index (κ2) is 9.82. The Morgan fingerprint density at radius 2 is 1.96 bits per heavy atom. The fourth-order valence-electron chi connectivity index (χ4n) is 3.62. The Bertz CT molecular complexity index is 724. The highest BCUT2D eigenvalue weighted by Crippen LogP contribution is 2.24. The lowest BCUT2D eigenvalue weighted by atomic mass is 9.97. The molecule has 0 spiro atoms. The quantitative estimate of drug-likeness (QED) is 0.762. The molecule has 3 rings (SSSR count). The molecule has 9 heteroatoms. The molecule has 1 amide bonds. The van der Waals surface area contributed by atoms with Crippen molar-refractivity contribution in [1.82, 2.24) is 14.9 Å². The van der Waals surface area contributed by atoms with E-state index in [2.05, 4.69) is 10.6 Å². The van der Waals surface area contributed by atoms with Gasteiger partial charge in [-0.05, 0) is 69.0 Å². The molecule has 2 saturated heterocycles. The van der Waals surface area contributed by atoms with Gasteiger partial charge in [-0.2, -0.15) is 4.31 Å². The van der Waals surface area contributed by atoms with E-state index in [1.54, 1.807) is 0 Å². The second-order valence-corrected chi connectivity index (χ2v) is 9.05. The van der Waals surface area contributed by atoms with E-state index < -0.39 is 15.8 Å². The van der Waals surface area contributed by atoms with Gasteiger partial charge in [0.15, 0.2) is 0 Å². The van der Waals surface area contributed by atoms with Crippen LogP contribution in [-0.2, 0) is 14.8 Å². The SMILES string of the molecule is Cl.O=C(NCC1CCCNC1)C1CCCN(S(=O)(=O)c2ccc(F)cc2)C1. The number of piperidine rings is 2. The van der Waals surface area contributed by atoms with Crippen LogP contribution in [-0.4, -0.2) is 51.4 Å². The molecule has 0 aliphatic carbocycles. The maximum atomic E-state index is 13.1. The highest BCUT2D eigenvalue weighted by Gasteiger charge is 2.33. The van der Waals surface area contributed by atoms with Gasteiger partial charge in [0.1, 0.15) is 5.82 Å². The summed E-state index contributed by atoms with van der Waals surface area (Å²) in [5.74, 6) is -0.447. The predicted octanol–water partition coefficient (Wildman–Crippen LogP) is 1.76. The van der Waals surface area contributed by atoms with Gasteiger partial charge in [-0.3, -0.25) is 4.79 Å². The molecule has 6 nitrogen and oxygen atoms in total. The van der Waals surface area contributed by atoms with Gasteiger partial charge in [-0.1, -0.05) is 0 Å². The normalized spacial score (nSPS) is 24.0. The molecule has 0 aromatic heterocycles. The van der Waals surface area contributed by atoms with Gasteiger partial charge in [0.25, 0.3) is 0 Å². The lowest BCUT2D eigenvalue weighted by Crippen LogP contribution is -2.47. The predicted molar refractivity (Wildman–Crippen MR) is 104 cm³/mol. The van der Waals surface area contributed by atoms with E-state index in [1.807, 2.05) is 0 Å². The van der Waals surface area contributed by atoms with Crippen LogP contribution in [0.25, 0.3) is 0 Å². The minimum Gasteiger partial charge on any atom is -0.355 e. The van der Waals surface area contributed by atoms with Crippen LogP contribution in [0.3, 0.4) is 0 Å². The zero-order chi connectivity index (χ0) is 18.6. The monoisotopic (exact) mass is 419 g/mol. The van der Waals surface area contributed by atoms with Crippen LogP contribution in [0.2, 0.25) is 0 Å². The van der Waals surface area contributed by atoms with Crippen molar-refractivity contribution in [1.29, 1.82) is 0 Å². The van der Waals surface area contributed by atoms with Gasteiger partial charge in [-0.15, -0.1) is 12.4 Å². The molecule has 2 heterocycles. The number of benzene rings is 1. The maximum absolute atomic E-state index is 13.1. The van der Waals surface area contributed by atoms with E-state index >= 15 is 0 Å². The minimum atomic E-state index is -3.70. The van der Waals surface area contributed by atoms with Crippen molar-refractivity contribution >= 4 is 28.3 Å². The fraction of sp³-hybridized carbons (Fsp3) is 0.611. The standard InChI is InChI=1S/C18H26FN3O3S.ClH/c19-16-5-7-17(8-6-16)26(24,25)22-10-2-4-15(13-22)18(23)21-12-14-3-1-9-20-11-14;/h5-8,14-15,20H,1-4,9-13H2,(H,21,23);1H. The van der Waals surface area contributed by atoms with Gasteiger partial charge in [0.2, 0.25) is 15.9 Å². The average Bonchev–Trinajstić information content (AvgIpc) is 2.67. The molecule has 2 fully saturated rings. The van der Waals surface area contributed by atoms with E-state index in [0.717, 1.165) is 38.1 Å². The van der Waals surface area contributed by atoms with Crippen LogP contribution >= 0.6 is 12.4 Å². The first kappa shape index (κ1) is 22.1. The third-order valence-corrected chi connectivity index (χ3v) is 7.05. The summed E-state index contributed by atoms with van der Waals surface area (Å²) in [6, 6.07) is 4.81. The summed E-state index contributed by atoms with van der Waals surface area (Å²) in [5, 5.41) is 6.31. The van der Waals surface area contributed by atoms with Crippen molar-refractivity contribution in [2.75, 3.05) is 32.7 Å². The van der Waals surface area contributed by atoms with Gasteiger partial charge in [-0.25, -0.2) is 12.8 Å². The molecule has 0 bridgehead atoms. The Balaban J connectivity index is 0.00000261. The molecule has 1 aromatic rings. The van der Waals surface area contributed by atoms with Crippen LogP contribution < -0.4 is 10.6 Å². The molecule has 2 atom stereocenters. The van der Waals surface area contributed by atoms with Crippen molar-refractivity contribution in [3.05, 3.63) is 30.1 Å². The molecule has 2 N–H and O–H groups in total. The number of carbonyl (C=O) groups excluding carboxylic acids is 1. The molecule has 1 aromatic carbocycles. The minimum absolute atomic E-state index is 0. The van der Waals surface area contributed by atoms with Gasteiger partial charge in [0.05, 0.1) is 10.8 Å². The van der Waals surface area contributed by atoms with E-state index in [9.17, 15) is 17.6 Å². The Kier molecular flexibility index (Phi) is 8.03. The van der Waals surface area contributed by atoms with E-state index in [-0.39, 0.29) is 35.7 Å². The van der Waals surface area contributed by atoms with Crippen LogP contribution in [0.15, 0.2) is 29.2 Å². The number of hydrogen-bond donors (Lipinski definition) is 2. The van der Waals surface area contributed by atoms with Crippen molar-refractivity contribution in [3.8, 4) is 0 Å². The summed E-state index contributed by atoms with van der Waals surface area (Å²) in [4.78, 5) is 12.6. The summed E-state index contributed by atoms with van der Waals surface area (Å²) in [6.45, 7) is 3.14. The number of halogens is 2. The number of nitrogens with zero attached hydrogens (tertiary/aromatic N) is 1.